The molecule has 0 aliphatic rings. The van der Waals surface area contributed by atoms with Crippen molar-refractivity contribution in [2.24, 2.45) is 0 Å². The molecule has 0 fully saturated rings. The number of hydrogen-bond acceptors (Lipinski definition) is 7. The normalized spacial score (nSPS) is 11.9. The van der Waals surface area contributed by atoms with Gasteiger partial charge in [-0.1, -0.05) is 16.8 Å². The van der Waals surface area contributed by atoms with Gasteiger partial charge in [0.2, 0.25) is 5.82 Å². The maximum Gasteiger partial charge on any atom is 0.433 e. The molecule has 0 saturated carbocycles. The summed E-state index contributed by atoms with van der Waals surface area (Å²) in [6.07, 6.45) is -4.64. The van der Waals surface area contributed by atoms with Gasteiger partial charge in [0.15, 0.2) is 11.3 Å². The molecule has 0 radical (unpaired) electrons. The van der Waals surface area contributed by atoms with Crippen LogP contribution in [0.1, 0.15) is 11.4 Å². The van der Waals surface area contributed by atoms with E-state index in [1.807, 2.05) is 0 Å². The van der Waals surface area contributed by atoms with Gasteiger partial charge < -0.3 is 4.52 Å². The Morgan fingerprint density at radius 3 is 2.52 bits per heavy atom. The quantitative estimate of drug-likeness (QED) is 0.355. The maximum absolute atomic E-state index is 13.0. The summed E-state index contributed by atoms with van der Waals surface area (Å²) in [5.74, 6) is -0.0366. The number of non-ortho nitro benzene ring substituents is 1. The average Bonchev–Trinajstić information content (AvgIpc) is 3.27. The summed E-state index contributed by atoms with van der Waals surface area (Å²) in [7, 11) is 0. The van der Waals surface area contributed by atoms with Crippen molar-refractivity contribution < 1.29 is 22.6 Å². The number of fused-ring (bicyclic) bond motifs is 1. The first-order chi connectivity index (χ1) is 13.6. The highest BCUT2D eigenvalue weighted by Gasteiger charge is 2.34. The first-order valence-electron chi connectivity index (χ1n) is 7.87. The van der Waals surface area contributed by atoms with E-state index in [1.54, 1.807) is 0 Å². The molecule has 0 amide bonds. The molecule has 9 nitrogen and oxygen atoms in total. The van der Waals surface area contributed by atoms with Crippen LogP contribution in [0.2, 0.25) is 5.02 Å². The summed E-state index contributed by atoms with van der Waals surface area (Å²) >= 11 is 6.18. The predicted molar refractivity (Wildman–Crippen MR) is 93.1 cm³/mol. The molecule has 3 heterocycles. The van der Waals surface area contributed by atoms with E-state index >= 15 is 0 Å². The number of alkyl halides is 3. The van der Waals surface area contributed by atoms with Gasteiger partial charge in [0.05, 0.1) is 4.92 Å². The minimum atomic E-state index is -4.64. The minimum Gasteiger partial charge on any atom is -0.332 e. The van der Waals surface area contributed by atoms with Gasteiger partial charge >= 0.3 is 6.18 Å². The predicted octanol–water partition coefficient (Wildman–Crippen LogP) is 4.34. The van der Waals surface area contributed by atoms with Crippen LogP contribution >= 0.6 is 11.6 Å². The highest BCUT2D eigenvalue weighted by atomic mass is 35.5. The molecule has 0 bridgehead atoms. The third-order valence-electron chi connectivity index (χ3n) is 3.97. The lowest BCUT2D eigenvalue weighted by molar-refractivity contribution is -0.384. The Bertz CT molecular complexity index is 1250. The minimum absolute atomic E-state index is 0.0396. The van der Waals surface area contributed by atoms with Gasteiger partial charge in [-0.05, 0) is 25.1 Å². The lowest BCUT2D eigenvalue weighted by atomic mass is 10.2. The molecule has 0 aliphatic carbocycles. The van der Waals surface area contributed by atoms with Crippen LogP contribution in [0.5, 0.6) is 0 Å². The van der Waals surface area contributed by atoms with Crippen molar-refractivity contribution in [1.82, 2.24) is 24.7 Å². The second-order valence-corrected chi connectivity index (χ2v) is 6.28. The lowest BCUT2D eigenvalue weighted by Crippen LogP contribution is -2.10. The summed E-state index contributed by atoms with van der Waals surface area (Å²) in [5, 5.41) is 18.4. The standard InChI is InChI=1S/C16H8ClF3N6O3/c1-7-6-10(16(18,19)20)21-14-11(17)12(23-25(7)14)15-22-13(24-29-15)8-2-4-9(5-3-8)26(27)28/h2-6H,1H3. The van der Waals surface area contributed by atoms with E-state index in [1.165, 1.54) is 31.2 Å². The van der Waals surface area contributed by atoms with Crippen LogP contribution in [-0.2, 0) is 6.18 Å². The van der Waals surface area contributed by atoms with Crippen molar-refractivity contribution in [3.8, 4) is 23.0 Å². The van der Waals surface area contributed by atoms with Crippen molar-refractivity contribution in [2.75, 3.05) is 0 Å². The van der Waals surface area contributed by atoms with Crippen molar-refractivity contribution in [2.45, 2.75) is 13.1 Å². The molecule has 4 aromatic rings. The highest BCUT2D eigenvalue weighted by Crippen LogP contribution is 2.34. The van der Waals surface area contributed by atoms with Crippen LogP contribution in [0.15, 0.2) is 34.9 Å². The van der Waals surface area contributed by atoms with Crippen molar-refractivity contribution in [1.29, 1.82) is 0 Å². The van der Waals surface area contributed by atoms with Gasteiger partial charge in [-0.25, -0.2) is 9.50 Å². The summed E-state index contributed by atoms with van der Waals surface area (Å²) in [6.45, 7) is 1.42. The van der Waals surface area contributed by atoms with E-state index in [9.17, 15) is 23.3 Å². The molecule has 4 rings (SSSR count). The molecule has 29 heavy (non-hydrogen) atoms. The molecule has 0 aliphatic heterocycles. The van der Waals surface area contributed by atoms with Gasteiger partial charge in [-0.3, -0.25) is 10.1 Å². The largest absolute Gasteiger partial charge is 0.433 e. The zero-order chi connectivity index (χ0) is 20.9. The van der Waals surface area contributed by atoms with Gasteiger partial charge in [-0.15, -0.1) is 0 Å². The number of nitro groups is 1. The molecule has 13 heteroatoms. The van der Waals surface area contributed by atoms with Gasteiger partial charge in [0, 0.05) is 23.4 Å². The molecular formula is C16H8ClF3N6O3. The van der Waals surface area contributed by atoms with E-state index in [-0.39, 0.29) is 39.5 Å². The van der Waals surface area contributed by atoms with E-state index in [0.717, 1.165) is 10.6 Å². The molecule has 0 atom stereocenters. The summed E-state index contributed by atoms with van der Waals surface area (Å²) in [4.78, 5) is 17.8. The molecule has 148 valence electrons. The summed E-state index contributed by atoms with van der Waals surface area (Å²) in [6, 6.07) is 6.25. The Morgan fingerprint density at radius 2 is 1.90 bits per heavy atom. The van der Waals surface area contributed by atoms with Crippen LogP contribution in [0, 0.1) is 17.0 Å². The fourth-order valence-corrected chi connectivity index (χ4v) is 2.83. The Morgan fingerprint density at radius 1 is 1.21 bits per heavy atom. The number of benzene rings is 1. The average molecular weight is 425 g/mol. The van der Waals surface area contributed by atoms with Gasteiger partial charge in [-0.2, -0.15) is 23.3 Å². The van der Waals surface area contributed by atoms with E-state index in [0.29, 0.717) is 5.56 Å². The van der Waals surface area contributed by atoms with Crippen LogP contribution in [-0.4, -0.2) is 29.7 Å². The molecule has 0 N–H and O–H groups in total. The Hall–Kier alpha value is -3.54. The third-order valence-corrected chi connectivity index (χ3v) is 4.31. The zero-order valence-electron chi connectivity index (χ0n) is 14.3. The SMILES string of the molecule is Cc1cc(C(F)(F)F)nc2c(Cl)c(-c3nc(-c4ccc([N+](=O)[O-])cc4)no3)nn12. The number of aryl methyl sites for hydroxylation is 1. The van der Waals surface area contributed by atoms with Crippen LogP contribution in [0.4, 0.5) is 18.9 Å². The second-order valence-electron chi connectivity index (χ2n) is 5.91. The lowest BCUT2D eigenvalue weighted by Gasteiger charge is -2.07. The fourth-order valence-electron chi connectivity index (χ4n) is 2.59. The maximum atomic E-state index is 13.0. The van der Waals surface area contributed by atoms with E-state index in [4.69, 9.17) is 16.1 Å². The first-order valence-corrected chi connectivity index (χ1v) is 8.25. The van der Waals surface area contributed by atoms with Crippen LogP contribution in [0.25, 0.3) is 28.6 Å². The monoisotopic (exact) mass is 424 g/mol. The number of hydrogen-bond donors (Lipinski definition) is 0. The summed E-state index contributed by atoms with van der Waals surface area (Å²) < 4.78 is 45.3. The molecular weight excluding hydrogens is 417 g/mol. The van der Waals surface area contributed by atoms with E-state index in [2.05, 4.69) is 20.2 Å². The van der Waals surface area contributed by atoms with Crippen molar-refractivity contribution in [3.05, 3.63) is 56.9 Å². The fraction of sp³-hybridized carbons (Fsp3) is 0.125. The molecule has 1 aromatic carbocycles. The number of rotatable bonds is 3. The molecule has 0 saturated heterocycles. The second kappa shape index (κ2) is 6.51. The first kappa shape index (κ1) is 18.8. The molecule has 0 spiro atoms. The van der Waals surface area contributed by atoms with Crippen molar-refractivity contribution >= 4 is 22.9 Å². The van der Waals surface area contributed by atoms with Crippen LogP contribution in [0.3, 0.4) is 0 Å². The summed E-state index contributed by atoms with van der Waals surface area (Å²) in [5.41, 5.74) is -0.869. The topological polar surface area (TPSA) is 112 Å². The van der Waals surface area contributed by atoms with Gasteiger partial charge in [0.25, 0.3) is 11.6 Å². The smallest absolute Gasteiger partial charge is 0.332 e. The van der Waals surface area contributed by atoms with E-state index < -0.39 is 16.8 Å². The number of halogens is 4. The van der Waals surface area contributed by atoms with Gasteiger partial charge in [0.1, 0.15) is 10.7 Å². The Kier molecular flexibility index (Phi) is 4.22. The number of nitro benzene ring substituents is 1. The Labute approximate surface area is 163 Å². The van der Waals surface area contributed by atoms with Crippen molar-refractivity contribution in [3.63, 3.8) is 0 Å². The Balaban J connectivity index is 1.77. The number of aromatic nitrogens is 5. The molecule has 0 unspecified atom stereocenters. The van der Waals surface area contributed by atoms with Crippen LogP contribution < -0.4 is 0 Å². The number of nitrogens with zero attached hydrogens (tertiary/aromatic N) is 6. The molecule has 3 aromatic heterocycles. The third kappa shape index (κ3) is 3.27. The highest BCUT2D eigenvalue weighted by molar-refractivity contribution is 6.35. The zero-order valence-corrected chi connectivity index (χ0v) is 15.1.